The Morgan fingerprint density at radius 1 is 1.06 bits per heavy atom. The molecule has 0 bridgehead atoms. The van der Waals surface area contributed by atoms with Crippen LogP contribution in [-0.2, 0) is 4.74 Å². The fraction of sp³-hybridized carbons (Fsp3) is 0.240. The van der Waals surface area contributed by atoms with Crippen LogP contribution in [0.25, 0.3) is 21.3 Å². The zero-order valence-corrected chi connectivity index (χ0v) is 18.7. The van der Waals surface area contributed by atoms with Crippen LogP contribution >= 0.6 is 11.3 Å². The summed E-state index contributed by atoms with van der Waals surface area (Å²) in [5, 5.41) is 6.51. The predicted molar refractivity (Wildman–Crippen MR) is 127 cm³/mol. The molecule has 0 radical (unpaired) electrons. The van der Waals surface area contributed by atoms with Gasteiger partial charge in [-0.2, -0.15) is 0 Å². The molecule has 0 fully saturated rings. The number of nitrogens with zero attached hydrogens (tertiary/aromatic N) is 2. The average Bonchev–Trinajstić information content (AvgIpc) is 3.23. The normalized spacial score (nSPS) is 11.1. The van der Waals surface area contributed by atoms with Crippen LogP contribution in [0.3, 0.4) is 0 Å². The van der Waals surface area contributed by atoms with Crippen LogP contribution in [0.4, 0.5) is 11.5 Å². The third-order valence-electron chi connectivity index (χ3n) is 5.08. The molecule has 1 N–H and O–H groups in total. The van der Waals surface area contributed by atoms with E-state index in [0.717, 1.165) is 39.3 Å². The average molecular weight is 432 g/mol. The summed E-state index contributed by atoms with van der Waals surface area (Å²) >= 11 is 1.61. The zero-order valence-electron chi connectivity index (χ0n) is 17.9. The standard InChI is InChI=1S/C25H25N3O2S/c1-4-13-30-25(29)19-9-11-20(12-10-19)28-23-22-21(14-31-24(22)27-15-26-23)18-7-5-17(6-8-18)16(2)3/h5-12,14-16H,4,13H2,1-3H3,(H,26,27,28). The molecule has 2 aromatic carbocycles. The second-order valence-corrected chi connectivity index (χ2v) is 8.52. The number of nitrogens with one attached hydrogen (secondary N) is 1. The van der Waals surface area contributed by atoms with Crippen molar-refractivity contribution in [3.63, 3.8) is 0 Å². The maximum Gasteiger partial charge on any atom is 0.338 e. The van der Waals surface area contributed by atoms with Crippen molar-refractivity contribution < 1.29 is 9.53 Å². The smallest absolute Gasteiger partial charge is 0.338 e. The summed E-state index contributed by atoms with van der Waals surface area (Å²) in [6.45, 7) is 6.79. The number of hydrogen-bond donors (Lipinski definition) is 1. The zero-order chi connectivity index (χ0) is 21.8. The van der Waals surface area contributed by atoms with E-state index < -0.39 is 0 Å². The summed E-state index contributed by atoms with van der Waals surface area (Å²) < 4.78 is 5.19. The van der Waals surface area contributed by atoms with Crippen molar-refractivity contribution in [3.05, 3.63) is 71.4 Å². The van der Waals surface area contributed by atoms with E-state index in [9.17, 15) is 4.79 Å². The maximum absolute atomic E-state index is 12.0. The van der Waals surface area contributed by atoms with Crippen LogP contribution in [0, 0.1) is 0 Å². The number of ether oxygens (including phenoxy) is 1. The molecule has 0 aliphatic heterocycles. The second-order valence-electron chi connectivity index (χ2n) is 7.67. The van der Waals surface area contributed by atoms with Crippen molar-refractivity contribution in [2.24, 2.45) is 0 Å². The first-order chi connectivity index (χ1) is 15.1. The molecule has 0 unspecified atom stereocenters. The first kappa shape index (κ1) is 21.0. The van der Waals surface area contributed by atoms with Crippen molar-refractivity contribution in [1.29, 1.82) is 0 Å². The van der Waals surface area contributed by atoms with Gasteiger partial charge in [-0.25, -0.2) is 14.8 Å². The van der Waals surface area contributed by atoms with Gasteiger partial charge in [-0.3, -0.25) is 0 Å². The summed E-state index contributed by atoms with van der Waals surface area (Å²) in [5.41, 5.74) is 4.95. The quantitative estimate of drug-likeness (QED) is 0.326. The molecule has 0 spiro atoms. The Morgan fingerprint density at radius 3 is 2.48 bits per heavy atom. The highest BCUT2D eigenvalue weighted by molar-refractivity contribution is 7.17. The van der Waals surface area contributed by atoms with Crippen molar-refractivity contribution >= 4 is 39.0 Å². The van der Waals surface area contributed by atoms with Crippen LogP contribution in [0.1, 0.15) is 49.0 Å². The number of hydrogen-bond acceptors (Lipinski definition) is 6. The van der Waals surface area contributed by atoms with Gasteiger partial charge < -0.3 is 10.1 Å². The van der Waals surface area contributed by atoms with E-state index in [1.807, 2.05) is 19.1 Å². The molecule has 6 heteroatoms. The third-order valence-corrected chi connectivity index (χ3v) is 5.97. The Hall–Kier alpha value is -3.25. The number of anilines is 2. The maximum atomic E-state index is 12.0. The SMILES string of the molecule is CCCOC(=O)c1ccc(Nc2ncnc3scc(-c4ccc(C(C)C)cc4)c23)cc1. The lowest BCUT2D eigenvalue weighted by atomic mass is 9.99. The van der Waals surface area contributed by atoms with Gasteiger partial charge in [-0.1, -0.05) is 45.0 Å². The molecule has 2 heterocycles. The number of carbonyl (C=O) groups excluding carboxylic acids is 1. The first-order valence-electron chi connectivity index (χ1n) is 10.4. The molecule has 158 valence electrons. The molecule has 2 aromatic heterocycles. The summed E-state index contributed by atoms with van der Waals surface area (Å²) in [5.74, 6) is 0.939. The van der Waals surface area contributed by atoms with Crippen molar-refractivity contribution in [2.75, 3.05) is 11.9 Å². The molecule has 0 saturated heterocycles. The van der Waals surface area contributed by atoms with E-state index in [1.54, 1.807) is 29.8 Å². The Morgan fingerprint density at radius 2 is 1.81 bits per heavy atom. The number of esters is 1. The summed E-state index contributed by atoms with van der Waals surface area (Å²) in [4.78, 5) is 21.9. The highest BCUT2D eigenvalue weighted by Gasteiger charge is 2.14. The number of fused-ring (bicyclic) bond motifs is 1. The molecule has 0 atom stereocenters. The third kappa shape index (κ3) is 4.59. The topological polar surface area (TPSA) is 64.1 Å². The highest BCUT2D eigenvalue weighted by atomic mass is 32.1. The summed E-state index contributed by atoms with van der Waals surface area (Å²) in [6.07, 6.45) is 2.38. The minimum Gasteiger partial charge on any atom is -0.462 e. The van der Waals surface area contributed by atoms with Gasteiger partial charge >= 0.3 is 5.97 Å². The Bertz CT molecular complexity index is 1180. The number of thiophene rings is 1. The number of benzene rings is 2. The minimum atomic E-state index is -0.303. The Kier molecular flexibility index (Phi) is 6.28. The van der Waals surface area contributed by atoms with E-state index in [4.69, 9.17) is 4.74 Å². The van der Waals surface area contributed by atoms with Crippen molar-refractivity contribution in [1.82, 2.24) is 9.97 Å². The molecule has 4 aromatic rings. The Balaban J connectivity index is 1.63. The number of aromatic nitrogens is 2. The van der Waals surface area contributed by atoms with Gasteiger partial charge in [0.2, 0.25) is 0 Å². The molecule has 31 heavy (non-hydrogen) atoms. The van der Waals surface area contributed by atoms with Gasteiger partial charge in [0.05, 0.1) is 17.6 Å². The van der Waals surface area contributed by atoms with Gasteiger partial charge in [0.15, 0.2) is 0 Å². The summed E-state index contributed by atoms with van der Waals surface area (Å²) in [6, 6.07) is 15.9. The molecule has 0 aliphatic rings. The van der Waals surface area contributed by atoms with E-state index in [2.05, 4.69) is 58.8 Å². The highest BCUT2D eigenvalue weighted by Crippen LogP contribution is 2.37. The molecule has 0 saturated carbocycles. The number of rotatable bonds is 7. The van der Waals surface area contributed by atoms with Crippen molar-refractivity contribution in [2.45, 2.75) is 33.1 Å². The largest absolute Gasteiger partial charge is 0.462 e. The van der Waals surface area contributed by atoms with Gasteiger partial charge in [0, 0.05) is 16.6 Å². The monoisotopic (exact) mass is 431 g/mol. The van der Waals surface area contributed by atoms with Gasteiger partial charge in [-0.05, 0) is 47.7 Å². The molecular formula is C25H25N3O2S. The lowest BCUT2D eigenvalue weighted by Crippen LogP contribution is -2.05. The summed E-state index contributed by atoms with van der Waals surface area (Å²) in [7, 11) is 0. The van der Waals surface area contributed by atoms with Gasteiger partial charge in [0.1, 0.15) is 17.0 Å². The van der Waals surface area contributed by atoms with Crippen LogP contribution in [-0.4, -0.2) is 22.5 Å². The molecular weight excluding hydrogens is 406 g/mol. The molecule has 4 rings (SSSR count). The van der Waals surface area contributed by atoms with Crippen LogP contribution in [0.5, 0.6) is 0 Å². The fourth-order valence-electron chi connectivity index (χ4n) is 3.33. The van der Waals surface area contributed by atoms with E-state index in [1.165, 1.54) is 5.56 Å². The van der Waals surface area contributed by atoms with Crippen LogP contribution < -0.4 is 5.32 Å². The fourth-order valence-corrected chi connectivity index (χ4v) is 4.25. The minimum absolute atomic E-state index is 0.303. The molecule has 0 aliphatic carbocycles. The van der Waals surface area contributed by atoms with E-state index >= 15 is 0 Å². The van der Waals surface area contributed by atoms with Crippen LogP contribution in [0.2, 0.25) is 0 Å². The second kappa shape index (κ2) is 9.27. The van der Waals surface area contributed by atoms with Gasteiger partial charge in [-0.15, -0.1) is 11.3 Å². The van der Waals surface area contributed by atoms with E-state index in [0.29, 0.717) is 18.1 Å². The first-order valence-corrected chi connectivity index (χ1v) is 11.3. The molecule has 0 amide bonds. The van der Waals surface area contributed by atoms with Gasteiger partial charge in [0.25, 0.3) is 0 Å². The Labute approximate surface area is 186 Å². The van der Waals surface area contributed by atoms with Crippen LogP contribution in [0.15, 0.2) is 60.2 Å². The van der Waals surface area contributed by atoms with E-state index in [-0.39, 0.29) is 5.97 Å². The lowest BCUT2D eigenvalue weighted by Gasteiger charge is -2.10. The van der Waals surface area contributed by atoms with Crippen molar-refractivity contribution in [3.8, 4) is 11.1 Å². The number of carbonyl (C=O) groups is 1. The molecule has 5 nitrogen and oxygen atoms in total. The predicted octanol–water partition coefficient (Wildman–Crippen LogP) is 6.79. The lowest BCUT2D eigenvalue weighted by molar-refractivity contribution is 0.0505.